The Labute approximate surface area is 107 Å². The summed E-state index contributed by atoms with van der Waals surface area (Å²) in [6.07, 6.45) is 4.00. The van der Waals surface area contributed by atoms with E-state index in [0.29, 0.717) is 5.92 Å². The standard InChI is InChI=1S/C14H30N2O/c1-12(10-15-14(2,3)4)11-16(8-9-17)13-6-5-7-13/h12-13,15,17H,5-11H2,1-4H3. The average Bonchev–Trinajstić information content (AvgIpc) is 2.11. The largest absolute Gasteiger partial charge is 0.395 e. The van der Waals surface area contributed by atoms with E-state index in [-0.39, 0.29) is 12.1 Å². The van der Waals surface area contributed by atoms with E-state index < -0.39 is 0 Å². The highest BCUT2D eigenvalue weighted by atomic mass is 16.3. The van der Waals surface area contributed by atoms with Crippen LogP contribution in [0.4, 0.5) is 0 Å². The Kier molecular flexibility index (Phi) is 5.90. The molecule has 0 radical (unpaired) electrons. The predicted octanol–water partition coefficient (Wildman–Crippen LogP) is 1.86. The van der Waals surface area contributed by atoms with Crippen molar-refractivity contribution >= 4 is 0 Å². The average molecular weight is 242 g/mol. The molecule has 1 rings (SSSR count). The predicted molar refractivity (Wildman–Crippen MR) is 73.2 cm³/mol. The summed E-state index contributed by atoms with van der Waals surface area (Å²) < 4.78 is 0. The van der Waals surface area contributed by atoms with Crippen molar-refractivity contribution in [1.82, 2.24) is 10.2 Å². The second-order valence-corrected chi connectivity index (χ2v) is 6.54. The van der Waals surface area contributed by atoms with Gasteiger partial charge in [0.25, 0.3) is 0 Å². The van der Waals surface area contributed by atoms with Crippen LogP contribution >= 0.6 is 0 Å². The highest BCUT2D eigenvalue weighted by Gasteiger charge is 2.25. The Hall–Kier alpha value is -0.120. The third-order valence-electron chi connectivity index (χ3n) is 3.51. The number of nitrogens with zero attached hydrogens (tertiary/aromatic N) is 1. The van der Waals surface area contributed by atoms with E-state index in [9.17, 15) is 0 Å². The molecule has 102 valence electrons. The fourth-order valence-electron chi connectivity index (χ4n) is 2.25. The van der Waals surface area contributed by atoms with Crippen molar-refractivity contribution < 1.29 is 5.11 Å². The summed E-state index contributed by atoms with van der Waals surface area (Å²) in [5, 5.41) is 12.7. The van der Waals surface area contributed by atoms with E-state index >= 15 is 0 Å². The van der Waals surface area contributed by atoms with Crippen molar-refractivity contribution in [3.05, 3.63) is 0 Å². The number of rotatable bonds is 7. The Morgan fingerprint density at radius 3 is 2.41 bits per heavy atom. The Morgan fingerprint density at radius 1 is 1.35 bits per heavy atom. The van der Waals surface area contributed by atoms with Crippen molar-refractivity contribution in [3.63, 3.8) is 0 Å². The molecule has 0 heterocycles. The van der Waals surface area contributed by atoms with Gasteiger partial charge in [-0.05, 0) is 46.1 Å². The number of nitrogens with one attached hydrogen (secondary N) is 1. The molecule has 0 aromatic rings. The normalized spacial score (nSPS) is 19.4. The third kappa shape index (κ3) is 5.84. The van der Waals surface area contributed by atoms with Crippen LogP contribution in [-0.4, -0.2) is 47.8 Å². The van der Waals surface area contributed by atoms with Gasteiger partial charge in [-0.25, -0.2) is 0 Å². The summed E-state index contributed by atoms with van der Waals surface area (Å²) in [6.45, 7) is 12.2. The molecule has 3 heteroatoms. The van der Waals surface area contributed by atoms with E-state index in [4.69, 9.17) is 5.11 Å². The molecule has 0 spiro atoms. The van der Waals surface area contributed by atoms with Crippen LogP contribution in [0.5, 0.6) is 0 Å². The zero-order valence-corrected chi connectivity index (χ0v) is 12.0. The number of hydrogen-bond donors (Lipinski definition) is 2. The lowest BCUT2D eigenvalue weighted by atomic mass is 9.90. The van der Waals surface area contributed by atoms with Gasteiger partial charge in [-0.3, -0.25) is 4.90 Å². The van der Waals surface area contributed by atoms with Gasteiger partial charge in [-0.1, -0.05) is 13.3 Å². The lowest BCUT2D eigenvalue weighted by Gasteiger charge is -2.39. The zero-order valence-electron chi connectivity index (χ0n) is 12.0. The van der Waals surface area contributed by atoms with Crippen molar-refractivity contribution in [2.45, 2.75) is 58.5 Å². The van der Waals surface area contributed by atoms with Gasteiger partial charge < -0.3 is 10.4 Å². The number of hydrogen-bond acceptors (Lipinski definition) is 3. The third-order valence-corrected chi connectivity index (χ3v) is 3.51. The molecule has 2 N–H and O–H groups in total. The molecule has 1 fully saturated rings. The molecule has 0 amide bonds. The minimum absolute atomic E-state index is 0.201. The summed E-state index contributed by atoms with van der Waals surface area (Å²) >= 11 is 0. The molecule has 1 atom stereocenters. The molecule has 1 aliphatic carbocycles. The van der Waals surface area contributed by atoms with Crippen LogP contribution in [0.25, 0.3) is 0 Å². The lowest BCUT2D eigenvalue weighted by molar-refractivity contribution is 0.0863. The van der Waals surface area contributed by atoms with Crippen LogP contribution in [0.1, 0.15) is 47.0 Å². The summed E-state index contributed by atoms with van der Waals surface area (Å²) in [4.78, 5) is 2.47. The molecule has 1 unspecified atom stereocenters. The second-order valence-electron chi connectivity index (χ2n) is 6.54. The van der Waals surface area contributed by atoms with Crippen molar-refractivity contribution in [2.75, 3.05) is 26.2 Å². The fraction of sp³-hybridized carbons (Fsp3) is 1.00. The maximum Gasteiger partial charge on any atom is 0.0558 e. The fourth-order valence-corrected chi connectivity index (χ4v) is 2.25. The molecular weight excluding hydrogens is 212 g/mol. The highest BCUT2D eigenvalue weighted by molar-refractivity contribution is 4.82. The second kappa shape index (κ2) is 6.72. The van der Waals surface area contributed by atoms with Gasteiger partial charge >= 0.3 is 0 Å². The Balaban J connectivity index is 2.27. The first-order valence-corrected chi connectivity index (χ1v) is 7.02. The van der Waals surface area contributed by atoms with E-state index in [1.807, 2.05) is 0 Å². The molecule has 0 aliphatic heterocycles. The molecule has 17 heavy (non-hydrogen) atoms. The van der Waals surface area contributed by atoms with Gasteiger partial charge in [0.15, 0.2) is 0 Å². The highest BCUT2D eigenvalue weighted by Crippen LogP contribution is 2.25. The van der Waals surface area contributed by atoms with E-state index in [1.165, 1.54) is 19.3 Å². The smallest absolute Gasteiger partial charge is 0.0558 e. The Morgan fingerprint density at radius 2 is 2.00 bits per heavy atom. The van der Waals surface area contributed by atoms with E-state index in [1.54, 1.807) is 0 Å². The lowest BCUT2D eigenvalue weighted by Crippen LogP contribution is -2.46. The summed E-state index contributed by atoms with van der Waals surface area (Å²) in [7, 11) is 0. The zero-order chi connectivity index (χ0) is 12.9. The number of aliphatic hydroxyl groups is 1. The topological polar surface area (TPSA) is 35.5 Å². The summed E-state index contributed by atoms with van der Waals surface area (Å²) in [6, 6.07) is 0.735. The van der Waals surface area contributed by atoms with E-state index in [0.717, 1.165) is 25.7 Å². The summed E-state index contributed by atoms with van der Waals surface area (Å²) in [5.74, 6) is 0.640. The van der Waals surface area contributed by atoms with Crippen LogP contribution in [0.15, 0.2) is 0 Å². The quantitative estimate of drug-likeness (QED) is 0.715. The minimum Gasteiger partial charge on any atom is -0.395 e. The van der Waals surface area contributed by atoms with E-state index in [2.05, 4.69) is 37.9 Å². The monoisotopic (exact) mass is 242 g/mol. The number of aliphatic hydroxyl groups excluding tert-OH is 1. The van der Waals surface area contributed by atoms with Gasteiger partial charge in [-0.15, -0.1) is 0 Å². The Bertz CT molecular complexity index is 209. The maximum atomic E-state index is 9.12. The maximum absolute atomic E-state index is 9.12. The van der Waals surface area contributed by atoms with Gasteiger partial charge in [0, 0.05) is 24.7 Å². The molecule has 1 saturated carbocycles. The summed E-state index contributed by atoms with van der Waals surface area (Å²) in [5.41, 5.74) is 0.201. The first-order chi connectivity index (χ1) is 7.92. The van der Waals surface area contributed by atoms with Crippen LogP contribution < -0.4 is 5.32 Å². The van der Waals surface area contributed by atoms with Crippen LogP contribution in [-0.2, 0) is 0 Å². The van der Waals surface area contributed by atoms with Gasteiger partial charge in [0.1, 0.15) is 0 Å². The van der Waals surface area contributed by atoms with Crippen molar-refractivity contribution in [3.8, 4) is 0 Å². The molecule has 0 aromatic heterocycles. The molecule has 1 aliphatic rings. The first-order valence-electron chi connectivity index (χ1n) is 7.02. The molecule has 0 bridgehead atoms. The van der Waals surface area contributed by atoms with Crippen LogP contribution in [0.2, 0.25) is 0 Å². The van der Waals surface area contributed by atoms with Gasteiger partial charge in [-0.2, -0.15) is 0 Å². The first kappa shape index (κ1) is 14.9. The van der Waals surface area contributed by atoms with Crippen LogP contribution in [0.3, 0.4) is 0 Å². The molecular formula is C14H30N2O. The SMILES string of the molecule is CC(CNC(C)(C)C)CN(CCO)C1CCC1. The van der Waals surface area contributed by atoms with Crippen molar-refractivity contribution in [2.24, 2.45) is 5.92 Å². The molecule has 0 saturated heterocycles. The van der Waals surface area contributed by atoms with Crippen LogP contribution in [0, 0.1) is 5.92 Å². The molecule has 3 nitrogen and oxygen atoms in total. The minimum atomic E-state index is 0.201. The van der Waals surface area contributed by atoms with Gasteiger partial charge in [0.05, 0.1) is 6.61 Å². The molecule has 0 aromatic carbocycles. The van der Waals surface area contributed by atoms with Crippen molar-refractivity contribution in [1.29, 1.82) is 0 Å². The van der Waals surface area contributed by atoms with Gasteiger partial charge in [0.2, 0.25) is 0 Å².